The second kappa shape index (κ2) is 17.6. The number of carbonyl (C=O) groups is 1. The third-order valence-electron chi connectivity index (χ3n) is 8.75. The van der Waals surface area contributed by atoms with E-state index in [2.05, 4.69) is 90.4 Å². The molecule has 2 saturated heterocycles. The first-order chi connectivity index (χ1) is 22.9. The Balaban J connectivity index is 0.00000270. The monoisotopic (exact) mass is 709 g/mol. The van der Waals surface area contributed by atoms with Gasteiger partial charge in [0.25, 0.3) is 5.91 Å². The van der Waals surface area contributed by atoms with Crippen LogP contribution in [0.15, 0.2) is 79.3 Å². The number of benzene rings is 2. The van der Waals surface area contributed by atoms with E-state index in [4.69, 9.17) is 14.2 Å². The van der Waals surface area contributed by atoms with Gasteiger partial charge in [0.1, 0.15) is 5.69 Å². The van der Waals surface area contributed by atoms with E-state index in [1.54, 1.807) is 25.7 Å². The molecule has 1 unspecified atom stereocenters. The number of hydrogen-bond donors (Lipinski definition) is 0. The van der Waals surface area contributed by atoms with Crippen LogP contribution in [0.2, 0.25) is 0 Å². The van der Waals surface area contributed by atoms with Gasteiger partial charge in [0.05, 0.1) is 31.6 Å². The molecule has 2 atom stereocenters. The number of hydrogen-bond acceptors (Lipinski definition) is 10. The summed E-state index contributed by atoms with van der Waals surface area (Å²) < 4.78 is 17.7. The van der Waals surface area contributed by atoms with Gasteiger partial charge in [-0.05, 0) is 31.9 Å². The van der Waals surface area contributed by atoms with Gasteiger partial charge in [-0.2, -0.15) is 9.97 Å². The molecule has 0 spiro atoms. The van der Waals surface area contributed by atoms with Gasteiger partial charge in [0, 0.05) is 69.7 Å². The molecule has 0 saturated carbocycles. The average molecular weight is 711 g/mol. The van der Waals surface area contributed by atoms with Crippen molar-refractivity contribution in [2.45, 2.75) is 51.4 Å². The minimum Gasteiger partial charge on any atom is -0.481 e. The number of halogens is 2. The summed E-state index contributed by atoms with van der Waals surface area (Å²) in [5, 5.41) is 0. The van der Waals surface area contributed by atoms with Crippen molar-refractivity contribution in [3.8, 4) is 17.8 Å². The van der Waals surface area contributed by atoms with Crippen LogP contribution < -0.4 is 14.2 Å². The highest BCUT2D eigenvalue weighted by molar-refractivity contribution is 5.92. The Morgan fingerprint density at radius 3 is 2.16 bits per heavy atom. The molecular formula is C36H45Cl2N7O4. The van der Waals surface area contributed by atoms with E-state index in [1.807, 2.05) is 25.7 Å². The molecule has 2 fully saturated rings. The second-order valence-corrected chi connectivity index (χ2v) is 12.2. The quantitative estimate of drug-likeness (QED) is 0.208. The molecule has 2 aromatic heterocycles. The fourth-order valence-corrected chi connectivity index (χ4v) is 6.82. The van der Waals surface area contributed by atoms with Gasteiger partial charge in [-0.3, -0.25) is 19.6 Å². The minimum atomic E-state index is -0.105. The SMILES string of the molecule is CCOc1nc(OC)c(CN2CC(C(c3ccccc3)c3ccccc3)N3CCN(C(=O)c4cnccn4)C[C@H]3C2)c(OC(C)C)n1.Cl.Cl. The van der Waals surface area contributed by atoms with Crippen LogP contribution in [0.4, 0.5) is 0 Å². The Labute approximate surface area is 300 Å². The average Bonchev–Trinajstić information content (AvgIpc) is 3.10. The lowest BCUT2D eigenvalue weighted by molar-refractivity contribution is -0.0294. The standard InChI is InChI=1S/C36H43N7O4.2ClH/c1-5-46-36-39-33(45-4)29(34(40-36)47-25(2)3)23-41-21-28-22-42(35(44)30-20-37-16-17-38-30)18-19-43(28)31(24-41)32(26-12-8-6-9-13-26)27-14-10-7-11-15-27;;/h6-17,20,25,28,31-32H,5,18-19,21-24H2,1-4H3;2*1H/t28-,31?;;/m1../s1. The number of amides is 1. The maximum Gasteiger partial charge on any atom is 0.323 e. The third-order valence-corrected chi connectivity index (χ3v) is 8.75. The summed E-state index contributed by atoms with van der Waals surface area (Å²) in [5.41, 5.74) is 3.65. The van der Waals surface area contributed by atoms with Crippen LogP contribution in [0.5, 0.6) is 17.8 Å². The summed E-state index contributed by atoms with van der Waals surface area (Å²) in [7, 11) is 1.61. The van der Waals surface area contributed by atoms with Crippen LogP contribution in [0.1, 0.15) is 53.9 Å². The summed E-state index contributed by atoms with van der Waals surface area (Å²) >= 11 is 0. The molecule has 0 bridgehead atoms. The highest BCUT2D eigenvalue weighted by Crippen LogP contribution is 2.37. The summed E-state index contributed by atoms with van der Waals surface area (Å²) in [6, 6.07) is 21.9. The smallest absolute Gasteiger partial charge is 0.323 e. The normalized spacial score (nSPS) is 17.9. The van der Waals surface area contributed by atoms with E-state index in [0.29, 0.717) is 43.7 Å². The van der Waals surface area contributed by atoms with Gasteiger partial charge in [0.2, 0.25) is 11.8 Å². The van der Waals surface area contributed by atoms with Gasteiger partial charge in [0.15, 0.2) is 0 Å². The van der Waals surface area contributed by atoms with Gasteiger partial charge >= 0.3 is 6.01 Å². The van der Waals surface area contributed by atoms with Crippen molar-refractivity contribution in [2.24, 2.45) is 0 Å². The van der Waals surface area contributed by atoms with Crippen LogP contribution in [0, 0.1) is 0 Å². The van der Waals surface area contributed by atoms with Crippen LogP contribution in [-0.4, -0.2) is 105 Å². The zero-order valence-corrected chi connectivity index (χ0v) is 30.0. The van der Waals surface area contributed by atoms with Crippen molar-refractivity contribution >= 4 is 30.7 Å². The largest absolute Gasteiger partial charge is 0.481 e. The van der Waals surface area contributed by atoms with E-state index in [1.165, 1.54) is 11.1 Å². The highest BCUT2D eigenvalue weighted by Gasteiger charge is 2.43. The molecular weight excluding hydrogens is 665 g/mol. The molecule has 6 rings (SSSR count). The molecule has 0 N–H and O–H groups in total. The van der Waals surface area contributed by atoms with Crippen molar-refractivity contribution in [1.82, 2.24) is 34.6 Å². The van der Waals surface area contributed by atoms with E-state index in [0.717, 1.165) is 25.2 Å². The molecule has 0 radical (unpaired) electrons. The van der Waals surface area contributed by atoms with Gasteiger partial charge in [-0.15, -0.1) is 24.8 Å². The topological polar surface area (TPSA) is 106 Å². The van der Waals surface area contributed by atoms with Crippen molar-refractivity contribution in [3.05, 3.63) is 102 Å². The van der Waals surface area contributed by atoms with Crippen molar-refractivity contribution in [2.75, 3.05) is 46.4 Å². The number of rotatable bonds is 11. The number of nitrogens with zero attached hydrogens (tertiary/aromatic N) is 7. The fraction of sp³-hybridized carbons (Fsp3) is 0.417. The van der Waals surface area contributed by atoms with E-state index < -0.39 is 0 Å². The lowest BCUT2D eigenvalue weighted by Crippen LogP contribution is -2.67. The Bertz CT molecular complexity index is 1580. The zero-order valence-electron chi connectivity index (χ0n) is 28.3. The molecule has 49 heavy (non-hydrogen) atoms. The molecule has 262 valence electrons. The fourth-order valence-electron chi connectivity index (χ4n) is 6.82. The molecule has 2 aliphatic heterocycles. The first-order valence-corrected chi connectivity index (χ1v) is 16.3. The zero-order chi connectivity index (χ0) is 32.8. The Kier molecular flexibility index (Phi) is 13.6. The molecule has 1 amide bonds. The molecule has 4 heterocycles. The number of ether oxygens (including phenoxy) is 3. The molecule has 2 aromatic carbocycles. The Morgan fingerprint density at radius 2 is 1.57 bits per heavy atom. The maximum atomic E-state index is 13.6. The van der Waals surface area contributed by atoms with Crippen molar-refractivity contribution in [1.29, 1.82) is 0 Å². The molecule has 2 aliphatic rings. The van der Waals surface area contributed by atoms with Gasteiger partial charge in [-0.1, -0.05) is 60.7 Å². The predicted octanol–water partition coefficient (Wildman–Crippen LogP) is 5.15. The Morgan fingerprint density at radius 1 is 0.898 bits per heavy atom. The number of fused-ring (bicyclic) bond motifs is 1. The lowest BCUT2D eigenvalue weighted by atomic mass is 9.81. The summed E-state index contributed by atoms with van der Waals surface area (Å²) in [4.78, 5) is 38.1. The molecule has 0 aliphatic carbocycles. The molecule has 4 aromatic rings. The van der Waals surface area contributed by atoms with Crippen LogP contribution >= 0.6 is 24.8 Å². The highest BCUT2D eigenvalue weighted by atomic mass is 35.5. The minimum absolute atomic E-state index is 0. The van der Waals surface area contributed by atoms with Gasteiger partial charge < -0.3 is 19.1 Å². The first kappa shape index (κ1) is 37.8. The number of methoxy groups -OCH3 is 1. The van der Waals surface area contributed by atoms with E-state index in [9.17, 15) is 4.79 Å². The van der Waals surface area contributed by atoms with Crippen LogP contribution in [-0.2, 0) is 6.54 Å². The van der Waals surface area contributed by atoms with Crippen molar-refractivity contribution < 1.29 is 19.0 Å². The molecule has 13 heteroatoms. The molecule has 11 nitrogen and oxygen atoms in total. The van der Waals surface area contributed by atoms with Gasteiger partial charge in [-0.25, -0.2) is 4.98 Å². The number of aromatic nitrogens is 4. The predicted molar refractivity (Wildman–Crippen MR) is 192 cm³/mol. The van der Waals surface area contributed by atoms with E-state index in [-0.39, 0.29) is 60.8 Å². The van der Waals surface area contributed by atoms with Crippen LogP contribution in [0.3, 0.4) is 0 Å². The van der Waals surface area contributed by atoms with Crippen LogP contribution in [0.25, 0.3) is 0 Å². The summed E-state index contributed by atoms with van der Waals surface area (Å²) in [6.07, 6.45) is 4.59. The number of carbonyl (C=O) groups excluding carboxylic acids is 1. The lowest BCUT2D eigenvalue weighted by Gasteiger charge is -2.53. The second-order valence-electron chi connectivity index (χ2n) is 12.2. The number of piperazine rings is 2. The summed E-state index contributed by atoms with van der Waals surface area (Å²) in [5.74, 6) is 0.905. The van der Waals surface area contributed by atoms with Crippen molar-refractivity contribution in [3.63, 3.8) is 0 Å². The Hall–Kier alpha value is -4.03. The first-order valence-electron chi connectivity index (χ1n) is 16.3. The van der Waals surface area contributed by atoms with E-state index >= 15 is 0 Å². The summed E-state index contributed by atoms with van der Waals surface area (Å²) in [6.45, 7) is 10.2. The third kappa shape index (κ3) is 8.77. The maximum absolute atomic E-state index is 13.6.